The predicted octanol–water partition coefficient (Wildman–Crippen LogP) is 2.14. The minimum atomic E-state index is -0.470. The molecule has 5 nitrogen and oxygen atoms in total. The predicted molar refractivity (Wildman–Crippen MR) is 74.4 cm³/mol. The summed E-state index contributed by atoms with van der Waals surface area (Å²) in [6.07, 6.45) is 1.45. The Morgan fingerprint density at radius 2 is 2.05 bits per heavy atom. The molecule has 19 heavy (non-hydrogen) atoms. The van der Waals surface area contributed by atoms with Crippen LogP contribution in [0.4, 0.5) is 0 Å². The van der Waals surface area contributed by atoms with Gasteiger partial charge in [0.2, 0.25) is 0 Å². The van der Waals surface area contributed by atoms with E-state index >= 15 is 0 Å². The highest BCUT2D eigenvalue weighted by molar-refractivity contribution is 6.33. The van der Waals surface area contributed by atoms with E-state index in [4.69, 9.17) is 11.6 Å². The molecule has 0 saturated carbocycles. The second-order valence-corrected chi connectivity index (χ2v) is 5.45. The molecule has 0 aromatic carbocycles. The van der Waals surface area contributed by atoms with Gasteiger partial charge in [-0.05, 0) is 20.3 Å². The lowest BCUT2D eigenvalue weighted by molar-refractivity contribution is 0.0917. The second kappa shape index (κ2) is 6.82. The molecule has 0 fully saturated rings. The summed E-state index contributed by atoms with van der Waals surface area (Å²) >= 11 is 5.95. The minimum absolute atomic E-state index is 0.124. The third-order valence-electron chi connectivity index (χ3n) is 2.57. The first-order valence-corrected chi connectivity index (χ1v) is 6.70. The standard InChI is InChI=1S/C13H20ClN3O2/c1-7(2)12-15-6-10(14)11(17-12)13(19)16-8(3)5-9(4)18/h6-9,18H,5H2,1-4H3,(H,16,19). The zero-order valence-electron chi connectivity index (χ0n) is 11.6. The molecule has 0 radical (unpaired) electrons. The molecule has 0 spiro atoms. The molecule has 1 rings (SSSR count). The van der Waals surface area contributed by atoms with E-state index in [1.807, 2.05) is 20.8 Å². The summed E-state index contributed by atoms with van der Waals surface area (Å²) in [6.45, 7) is 7.39. The van der Waals surface area contributed by atoms with E-state index in [2.05, 4.69) is 15.3 Å². The quantitative estimate of drug-likeness (QED) is 0.869. The molecule has 1 aromatic rings. The van der Waals surface area contributed by atoms with Crippen LogP contribution in [0.3, 0.4) is 0 Å². The van der Waals surface area contributed by atoms with Crippen molar-refractivity contribution in [1.82, 2.24) is 15.3 Å². The number of carbonyl (C=O) groups is 1. The van der Waals surface area contributed by atoms with Crippen LogP contribution in [-0.2, 0) is 0 Å². The number of carbonyl (C=O) groups excluding carboxylic acids is 1. The molecule has 0 aliphatic rings. The van der Waals surface area contributed by atoms with Gasteiger partial charge in [-0.1, -0.05) is 25.4 Å². The Balaban J connectivity index is 2.84. The Morgan fingerprint density at radius 3 is 2.58 bits per heavy atom. The Labute approximate surface area is 118 Å². The molecule has 2 unspecified atom stereocenters. The highest BCUT2D eigenvalue weighted by Gasteiger charge is 2.17. The number of nitrogens with zero attached hydrogens (tertiary/aromatic N) is 2. The lowest BCUT2D eigenvalue weighted by Crippen LogP contribution is -2.35. The smallest absolute Gasteiger partial charge is 0.271 e. The van der Waals surface area contributed by atoms with Crippen LogP contribution in [0.25, 0.3) is 0 Å². The number of halogens is 1. The molecule has 6 heteroatoms. The normalized spacial score (nSPS) is 14.3. The summed E-state index contributed by atoms with van der Waals surface area (Å²) in [7, 11) is 0. The van der Waals surface area contributed by atoms with Crippen molar-refractivity contribution in [2.75, 3.05) is 0 Å². The fraction of sp³-hybridized carbons (Fsp3) is 0.615. The zero-order valence-corrected chi connectivity index (χ0v) is 12.4. The highest BCUT2D eigenvalue weighted by atomic mass is 35.5. The van der Waals surface area contributed by atoms with E-state index in [9.17, 15) is 9.90 Å². The fourth-order valence-corrected chi connectivity index (χ4v) is 1.86. The molecular weight excluding hydrogens is 266 g/mol. The SMILES string of the molecule is CC(O)CC(C)NC(=O)c1nc(C(C)C)ncc1Cl. The van der Waals surface area contributed by atoms with Crippen LogP contribution in [-0.4, -0.2) is 33.1 Å². The summed E-state index contributed by atoms with van der Waals surface area (Å²) < 4.78 is 0. The second-order valence-electron chi connectivity index (χ2n) is 5.04. The van der Waals surface area contributed by atoms with Crippen molar-refractivity contribution in [3.05, 3.63) is 22.7 Å². The van der Waals surface area contributed by atoms with Crippen molar-refractivity contribution in [3.63, 3.8) is 0 Å². The first-order valence-electron chi connectivity index (χ1n) is 6.32. The summed E-state index contributed by atoms with van der Waals surface area (Å²) in [5.41, 5.74) is 0.179. The van der Waals surface area contributed by atoms with Gasteiger partial charge in [-0.3, -0.25) is 4.79 Å². The molecule has 1 amide bonds. The van der Waals surface area contributed by atoms with E-state index in [1.165, 1.54) is 6.20 Å². The van der Waals surface area contributed by atoms with Gasteiger partial charge in [0.15, 0.2) is 0 Å². The Bertz CT molecular complexity index is 450. The maximum Gasteiger partial charge on any atom is 0.271 e. The molecule has 1 heterocycles. The maximum absolute atomic E-state index is 12.1. The number of nitrogens with one attached hydrogen (secondary N) is 1. The highest BCUT2D eigenvalue weighted by Crippen LogP contribution is 2.16. The van der Waals surface area contributed by atoms with Gasteiger partial charge in [0.05, 0.1) is 17.3 Å². The Morgan fingerprint density at radius 1 is 1.42 bits per heavy atom. The zero-order chi connectivity index (χ0) is 14.6. The van der Waals surface area contributed by atoms with Crippen molar-refractivity contribution in [2.45, 2.75) is 52.2 Å². The van der Waals surface area contributed by atoms with E-state index in [0.29, 0.717) is 12.2 Å². The number of hydrogen-bond donors (Lipinski definition) is 2. The van der Waals surface area contributed by atoms with Gasteiger partial charge in [0.25, 0.3) is 5.91 Å². The maximum atomic E-state index is 12.1. The number of aliphatic hydroxyl groups excluding tert-OH is 1. The summed E-state index contributed by atoms with van der Waals surface area (Å²) in [6, 6.07) is -0.152. The third kappa shape index (κ3) is 4.76. The van der Waals surface area contributed by atoms with Crippen LogP contribution < -0.4 is 5.32 Å². The number of rotatable bonds is 5. The summed E-state index contributed by atoms with van der Waals surface area (Å²) in [5, 5.41) is 12.3. The largest absolute Gasteiger partial charge is 0.393 e. The van der Waals surface area contributed by atoms with Crippen LogP contribution in [0.2, 0.25) is 5.02 Å². The van der Waals surface area contributed by atoms with Crippen LogP contribution >= 0.6 is 11.6 Å². The molecule has 2 N–H and O–H groups in total. The van der Waals surface area contributed by atoms with Gasteiger partial charge in [0.1, 0.15) is 11.5 Å². The average molecular weight is 286 g/mol. The van der Waals surface area contributed by atoms with Crippen LogP contribution in [0.1, 0.15) is 56.3 Å². The topological polar surface area (TPSA) is 75.1 Å². The van der Waals surface area contributed by atoms with Gasteiger partial charge in [-0.15, -0.1) is 0 Å². The van der Waals surface area contributed by atoms with Gasteiger partial charge in [0, 0.05) is 12.0 Å². The fourth-order valence-electron chi connectivity index (χ4n) is 1.68. The Hall–Kier alpha value is -1.20. The summed E-state index contributed by atoms with van der Waals surface area (Å²) in [5.74, 6) is 0.360. The number of amides is 1. The van der Waals surface area contributed by atoms with Crippen molar-refractivity contribution in [1.29, 1.82) is 0 Å². The van der Waals surface area contributed by atoms with Gasteiger partial charge >= 0.3 is 0 Å². The van der Waals surface area contributed by atoms with Gasteiger partial charge in [-0.25, -0.2) is 9.97 Å². The van der Waals surface area contributed by atoms with Crippen molar-refractivity contribution in [2.24, 2.45) is 0 Å². The number of hydrogen-bond acceptors (Lipinski definition) is 4. The van der Waals surface area contributed by atoms with Crippen LogP contribution in [0.15, 0.2) is 6.20 Å². The summed E-state index contributed by atoms with van der Waals surface area (Å²) in [4.78, 5) is 20.3. The van der Waals surface area contributed by atoms with Crippen molar-refractivity contribution >= 4 is 17.5 Å². The Kier molecular flexibility index (Phi) is 5.69. The first-order chi connectivity index (χ1) is 8.81. The molecular formula is C13H20ClN3O2. The lowest BCUT2D eigenvalue weighted by atomic mass is 10.1. The molecule has 0 saturated heterocycles. The van der Waals surface area contributed by atoms with Crippen LogP contribution in [0.5, 0.6) is 0 Å². The molecule has 0 bridgehead atoms. The number of aliphatic hydroxyl groups is 1. The minimum Gasteiger partial charge on any atom is -0.393 e. The van der Waals surface area contributed by atoms with Gasteiger partial charge in [-0.2, -0.15) is 0 Å². The van der Waals surface area contributed by atoms with E-state index < -0.39 is 6.10 Å². The van der Waals surface area contributed by atoms with Gasteiger partial charge < -0.3 is 10.4 Å². The van der Waals surface area contributed by atoms with E-state index in [1.54, 1.807) is 6.92 Å². The van der Waals surface area contributed by atoms with Crippen molar-refractivity contribution in [3.8, 4) is 0 Å². The van der Waals surface area contributed by atoms with E-state index in [-0.39, 0.29) is 28.6 Å². The van der Waals surface area contributed by atoms with Crippen molar-refractivity contribution < 1.29 is 9.90 Å². The first kappa shape index (κ1) is 15.9. The molecule has 0 aliphatic heterocycles. The molecule has 2 atom stereocenters. The molecule has 106 valence electrons. The molecule has 0 aliphatic carbocycles. The monoisotopic (exact) mass is 285 g/mol. The van der Waals surface area contributed by atoms with Crippen LogP contribution in [0, 0.1) is 0 Å². The lowest BCUT2D eigenvalue weighted by Gasteiger charge is -2.16. The van der Waals surface area contributed by atoms with E-state index in [0.717, 1.165) is 0 Å². The molecule has 1 aromatic heterocycles. The third-order valence-corrected chi connectivity index (χ3v) is 2.84. The average Bonchev–Trinajstić information content (AvgIpc) is 2.27. The number of aromatic nitrogens is 2.